The third-order valence-electron chi connectivity index (χ3n) is 4.84. The number of rotatable bonds is 4. The number of carboxylic acids is 1. The lowest BCUT2D eigenvalue weighted by atomic mass is 10.1. The second kappa shape index (κ2) is 8.23. The van der Waals surface area contributed by atoms with E-state index in [-0.39, 0.29) is 17.3 Å². The number of aliphatic imine (C=N–C) groups is 1. The SMILES string of the molecule is Cc1cc(/C=C2\SC(=Nc3ccc(F)cc3)NC2=O)c(C)n1-c1ccccc1C(=O)O. The van der Waals surface area contributed by atoms with Gasteiger partial charge in [-0.1, -0.05) is 12.1 Å². The van der Waals surface area contributed by atoms with Crippen LogP contribution in [0.2, 0.25) is 0 Å². The number of amidine groups is 1. The number of nitrogens with one attached hydrogen (secondary N) is 1. The van der Waals surface area contributed by atoms with Crippen molar-refractivity contribution in [2.75, 3.05) is 0 Å². The van der Waals surface area contributed by atoms with Crippen LogP contribution >= 0.6 is 11.8 Å². The molecule has 31 heavy (non-hydrogen) atoms. The van der Waals surface area contributed by atoms with E-state index in [4.69, 9.17) is 0 Å². The Morgan fingerprint density at radius 3 is 2.58 bits per heavy atom. The largest absolute Gasteiger partial charge is 0.478 e. The summed E-state index contributed by atoms with van der Waals surface area (Å²) in [6.07, 6.45) is 1.76. The zero-order chi connectivity index (χ0) is 22.1. The van der Waals surface area contributed by atoms with Gasteiger partial charge in [0.05, 0.1) is 21.8 Å². The first-order valence-electron chi connectivity index (χ1n) is 9.40. The average molecular weight is 435 g/mol. The van der Waals surface area contributed by atoms with Crippen molar-refractivity contribution in [2.45, 2.75) is 13.8 Å². The average Bonchev–Trinajstić information content (AvgIpc) is 3.22. The van der Waals surface area contributed by atoms with E-state index < -0.39 is 5.97 Å². The molecule has 0 saturated carbocycles. The van der Waals surface area contributed by atoms with E-state index in [0.29, 0.717) is 21.4 Å². The highest BCUT2D eigenvalue weighted by molar-refractivity contribution is 8.18. The van der Waals surface area contributed by atoms with Crippen molar-refractivity contribution in [3.63, 3.8) is 0 Å². The van der Waals surface area contributed by atoms with Gasteiger partial charge in [-0.05, 0) is 79.7 Å². The van der Waals surface area contributed by atoms with Gasteiger partial charge in [-0.25, -0.2) is 14.2 Å². The fourth-order valence-electron chi connectivity index (χ4n) is 3.41. The normalized spacial score (nSPS) is 16.2. The molecule has 3 aromatic rings. The lowest BCUT2D eigenvalue weighted by molar-refractivity contribution is -0.115. The first-order chi connectivity index (χ1) is 14.8. The number of aryl methyl sites for hydroxylation is 1. The summed E-state index contributed by atoms with van der Waals surface area (Å²) in [7, 11) is 0. The molecular formula is C23H18FN3O3S. The van der Waals surface area contributed by atoms with Gasteiger partial charge in [0.1, 0.15) is 5.82 Å². The summed E-state index contributed by atoms with van der Waals surface area (Å²) in [5.41, 5.74) is 3.77. The Labute approximate surface area is 182 Å². The number of nitrogens with zero attached hydrogens (tertiary/aromatic N) is 2. The summed E-state index contributed by atoms with van der Waals surface area (Å²) in [6, 6.07) is 14.4. The maximum absolute atomic E-state index is 13.1. The fraction of sp³-hybridized carbons (Fsp3) is 0.0870. The van der Waals surface area contributed by atoms with Crippen molar-refractivity contribution in [3.8, 4) is 5.69 Å². The Kier molecular flexibility index (Phi) is 5.48. The Morgan fingerprint density at radius 1 is 1.16 bits per heavy atom. The minimum Gasteiger partial charge on any atom is -0.478 e. The third kappa shape index (κ3) is 4.15. The summed E-state index contributed by atoms with van der Waals surface area (Å²) >= 11 is 1.19. The highest BCUT2D eigenvalue weighted by atomic mass is 32.2. The first kappa shape index (κ1) is 20.6. The molecule has 0 atom stereocenters. The molecule has 0 spiro atoms. The number of aromatic carboxylic acids is 1. The van der Waals surface area contributed by atoms with Gasteiger partial charge in [0, 0.05) is 11.4 Å². The molecule has 0 bridgehead atoms. The molecule has 0 radical (unpaired) electrons. The quantitative estimate of drug-likeness (QED) is 0.576. The van der Waals surface area contributed by atoms with Crippen LogP contribution < -0.4 is 5.32 Å². The van der Waals surface area contributed by atoms with Gasteiger partial charge in [-0.3, -0.25) is 4.79 Å². The zero-order valence-electron chi connectivity index (χ0n) is 16.7. The maximum Gasteiger partial charge on any atom is 0.337 e. The van der Waals surface area contributed by atoms with Gasteiger partial charge in [-0.15, -0.1) is 0 Å². The molecular weight excluding hydrogens is 417 g/mol. The molecule has 1 aliphatic rings. The summed E-state index contributed by atoms with van der Waals surface area (Å²) in [4.78, 5) is 28.9. The van der Waals surface area contributed by atoms with E-state index in [1.165, 1.54) is 36.0 Å². The summed E-state index contributed by atoms with van der Waals surface area (Å²) in [6.45, 7) is 3.76. The molecule has 6 nitrogen and oxygen atoms in total. The Bertz CT molecular complexity index is 1260. The highest BCUT2D eigenvalue weighted by Crippen LogP contribution is 2.31. The number of thioether (sulfide) groups is 1. The van der Waals surface area contributed by atoms with Crippen LogP contribution in [0.3, 0.4) is 0 Å². The first-order valence-corrected chi connectivity index (χ1v) is 10.2. The lowest BCUT2D eigenvalue weighted by Crippen LogP contribution is -2.19. The van der Waals surface area contributed by atoms with Gasteiger partial charge in [0.15, 0.2) is 5.17 Å². The van der Waals surface area contributed by atoms with Crippen molar-refractivity contribution in [1.29, 1.82) is 0 Å². The van der Waals surface area contributed by atoms with Crippen LogP contribution in [0, 0.1) is 19.7 Å². The van der Waals surface area contributed by atoms with Crippen LogP contribution in [-0.4, -0.2) is 26.7 Å². The number of carboxylic acid groups (broad SMARTS) is 1. The van der Waals surface area contributed by atoms with Crippen molar-refractivity contribution in [1.82, 2.24) is 9.88 Å². The fourth-order valence-corrected chi connectivity index (χ4v) is 4.24. The highest BCUT2D eigenvalue weighted by Gasteiger charge is 2.25. The smallest absolute Gasteiger partial charge is 0.337 e. The topological polar surface area (TPSA) is 83.7 Å². The van der Waals surface area contributed by atoms with Crippen LogP contribution in [-0.2, 0) is 4.79 Å². The molecule has 1 aromatic heterocycles. The Balaban J connectivity index is 1.67. The molecule has 8 heteroatoms. The van der Waals surface area contributed by atoms with E-state index in [2.05, 4.69) is 10.3 Å². The molecule has 1 amide bonds. The van der Waals surface area contributed by atoms with Crippen molar-refractivity contribution >= 4 is 40.6 Å². The molecule has 2 aromatic carbocycles. The van der Waals surface area contributed by atoms with Crippen molar-refractivity contribution in [3.05, 3.63) is 87.8 Å². The summed E-state index contributed by atoms with van der Waals surface area (Å²) in [5.74, 6) is -1.63. The molecule has 1 fully saturated rings. The number of para-hydroxylation sites is 1. The predicted molar refractivity (Wildman–Crippen MR) is 119 cm³/mol. The second-order valence-corrected chi connectivity index (χ2v) is 7.97. The van der Waals surface area contributed by atoms with E-state index in [1.54, 1.807) is 30.3 Å². The number of halogens is 1. The van der Waals surface area contributed by atoms with Gasteiger partial charge in [0.2, 0.25) is 0 Å². The standard InChI is InChI=1S/C23H18FN3O3S/c1-13-11-15(14(2)27(13)19-6-4-3-5-18(19)22(29)30)12-20-21(28)26-23(31-20)25-17-9-7-16(24)8-10-17/h3-12H,1-2H3,(H,29,30)(H,25,26,28)/b20-12-. The van der Waals surface area contributed by atoms with Crippen LogP contribution in [0.5, 0.6) is 0 Å². The third-order valence-corrected chi connectivity index (χ3v) is 5.75. The molecule has 1 aliphatic heterocycles. The Hall–Kier alpha value is -3.65. The molecule has 2 N–H and O–H groups in total. The number of hydrogen-bond donors (Lipinski definition) is 2. The monoisotopic (exact) mass is 435 g/mol. The molecule has 2 heterocycles. The zero-order valence-corrected chi connectivity index (χ0v) is 17.5. The molecule has 1 saturated heterocycles. The molecule has 4 rings (SSSR count). The van der Waals surface area contributed by atoms with Crippen LogP contribution in [0.4, 0.5) is 10.1 Å². The van der Waals surface area contributed by atoms with Gasteiger partial charge in [0.25, 0.3) is 5.91 Å². The predicted octanol–water partition coefficient (Wildman–Crippen LogP) is 4.82. The minimum absolute atomic E-state index is 0.199. The number of hydrogen-bond acceptors (Lipinski definition) is 4. The number of amides is 1. The van der Waals surface area contributed by atoms with E-state index in [0.717, 1.165) is 17.0 Å². The number of carbonyl (C=O) groups is 2. The molecule has 0 unspecified atom stereocenters. The summed E-state index contributed by atoms with van der Waals surface area (Å²) < 4.78 is 14.9. The summed E-state index contributed by atoms with van der Waals surface area (Å²) in [5, 5.41) is 12.7. The minimum atomic E-state index is -1.00. The second-order valence-electron chi connectivity index (χ2n) is 6.94. The van der Waals surface area contributed by atoms with Crippen molar-refractivity contribution < 1.29 is 19.1 Å². The lowest BCUT2D eigenvalue weighted by Gasteiger charge is -2.12. The number of benzene rings is 2. The molecule has 156 valence electrons. The van der Waals surface area contributed by atoms with E-state index >= 15 is 0 Å². The van der Waals surface area contributed by atoms with Gasteiger partial charge >= 0.3 is 5.97 Å². The van der Waals surface area contributed by atoms with E-state index in [1.807, 2.05) is 24.5 Å². The van der Waals surface area contributed by atoms with Gasteiger partial charge < -0.3 is 15.0 Å². The van der Waals surface area contributed by atoms with Crippen LogP contribution in [0.25, 0.3) is 11.8 Å². The number of aromatic nitrogens is 1. The Morgan fingerprint density at radius 2 is 1.87 bits per heavy atom. The number of carbonyl (C=O) groups excluding carboxylic acids is 1. The molecule has 0 aliphatic carbocycles. The van der Waals surface area contributed by atoms with Crippen LogP contribution in [0.15, 0.2) is 64.5 Å². The van der Waals surface area contributed by atoms with Crippen molar-refractivity contribution in [2.24, 2.45) is 4.99 Å². The maximum atomic E-state index is 13.1. The van der Waals surface area contributed by atoms with E-state index in [9.17, 15) is 19.1 Å². The van der Waals surface area contributed by atoms with Gasteiger partial charge in [-0.2, -0.15) is 0 Å². The van der Waals surface area contributed by atoms with Crippen LogP contribution in [0.1, 0.15) is 27.3 Å².